The Morgan fingerprint density at radius 2 is 1.88 bits per heavy atom. The van der Waals surface area contributed by atoms with Crippen molar-refractivity contribution in [2.24, 2.45) is 17.8 Å². The van der Waals surface area contributed by atoms with E-state index in [2.05, 4.69) is 32.1 Å². The molecule has 7 atom stereocenters. The number of hydrazine groups is 1. The van der Waals surface area contributed by atoms with E-state index in [1.54, 1.807) is 7.11 Å². The summed E-state index contributed by atoms with van der Waals surface area (Å²) in [6.07, 6.45) is 8.12. The van der Waals surface area contributed by atoms with Crippen LogP contribution in [0.1, 0.15) is 57.8 Å². The second-order valence-electron chi connectivity index (χ2n) is 10.2. The molecule has 0 aromatic heterocycles. The molecule has 0 spiro atoms. The van der Waals surface area contributed by atoms with E-state index in [4.69, 9.17) is 4.74 Å². The van der Waals surface area contributed by atoms with Crippen molar-refractivity contribution in [2.45, 2.75) is 88.4 Å². The Morgan fingerprint density at radius 1 is 1.03 bits per heavy atom. The predicted molar refractivity (Wildman–Crippen MR) is 122 cm³/mol. The number of piperidine rings is 1. The maximum atomic E-state index is 14.4. The number of halogens is 1. The summed E-state index contributed by atoms with van der Waals surface area (Å²) >= 11 is 0. The van der Waals surface area contributed by atoms with E-state index in [0.29, 0.717) is 31.1 Å². The van der Waals surface area contributed by atoms with Crippen LogP contribution in [0.5, 0.6) is 0 Å². The number of rotatable bonds is 8. The second kappa shape index (κ2) is 12.0. The highest BCUT2D eigenvalue weighted by molar-refractivity contribution is 5.78. The zero-order valence-electron chi connectivity index (χ0n) is 19.5. The number of methoxy groups -OCH3 is 1. The zero-order chi connectivity index (χ0) is 22.3. The van der Waals surface area contributed by atoms with Crippen molar-refractivity contribution >= 4 is 5.91 Å². The van der Waals surface area contributed by atoms with Gasteiger partial charge in [-0.1, -0.05) is 6.42 Å². The fraction of sp³-hybridized carbons (Fsp3) is 0.957. The average molecular weight is 455 g/mol. The molecule has 0 aromatic rings. The number of ether oxygens (including phenoxy) is 1. The van der Waals surface area contributed by atoms with Gasteiger partial charge in [0.2, 0.25) is 5.91 Å². The molecule has 4 fully saturated rings. The summed E-state index contributed by atoms with van der Waals surface area (Å²) in [5.74, 6) is 0.704. The van der Waals surface area contributed by atoms with Crippen LogP contribution >= 0.6 is 0 Å². The molecule has 1 amide bonds. The van der Waals surface area contributed by atoms with Gasteiger partial charge in [0.15, 0.2) is 0 Å². The fourth-order valence-corrected chi connectivity index (χ4v) is 5.89. The van der Waals surface area contributed by atoms with Crippen LogP contribution in [0.2, 0.25) is 0 Å². The van der Waals surface area contributed by atoms with Gasteiger partial charge in [-0.25, -0.2) is 15.2 Å². The lowest BCUT2D eigenvalue weighted by molar-refractivity contribution is -0.126. The van der Waals surface area contributed by atoms with Crippen LogP contribution in [0.3, 0.4) is 0 Å². The van der Waals surface area contributed by atoms with E-state index in [9.17, 15) is 9.18 Å². The Hall–Kier alpha value is -0.840. The average Bonchev–Trinajstić information content (AvgIpc) is 3.31. The lowest BCUT2D eigenvalue weighted by Gasteiger charge is -2.33. The van der Waals surface area contributed by atoms with Gasteiger partial charge in [0.1, 0.15) is 6.17 Å². The van der Waals surface area contributed by atoms with E-state index in [0.717, 1.165) is 58.2 Å². The van der Waals surface area contributed by atoms with E-state index >= 15 is 0 Å². The SMILES string of the molecule is COC1CCC(CNC(=O)C2CCCC(NCC3NNC(C4CCNCC4)N3)C2)C(F)C1. The number of nitrogens with one attached hydrogen (secondary N) is 6. The summed E-state index contributed by atoms with van der Waals surface area (Å²) in [6.45, 7) is 3.48. The van der Waals surface area contributed by atoms with Crippen LogP contribution in [0, 0.1) is 17.8 Å². The van der Waals surface area contributed by atoms with Crippen LogP contribution < -0.4 is 32.1 Å². The van der Waals surface area contributed by atoms with E-state index in [-0.39, 0.29) is 30.0 Å². The molecule has 9 heteroatoms. The Morgan fingerprint density at radius 3 is 2.66 bits per heavy atom. The molecular formula is C23H43FN6O2. The molecule has 4 rings (SSSR count). The van der Waals surface area contributed by atoms with Crippen LogP contribution in [0.15, 0.2) is 0 Å². The van der Waals surface area contributed by atoms with Gasteiger partial charge < -0.3 is 20.7 Å². The summed E-state index contributed by atoms with van der Waals surface area (Å²) in [4.78, 5) is 12.8. The molecule has 184 valence electrons. The van der Waals surface area contributed by atoms with Gasteiger partial charge in [0.05, 0.1) is 18.4 Å². The molecule has 32 heavy (non-hydrogen) atoms. The van der Waals surface area contributed by atoms with Gasteiger partial charge in [0.25, 0.3) is 0 Å². The highest BCUT2D eigenvalue weighted by atomic mass is 19.1. The number of amides is 1. The number of alkyl halides is 1. The Bertz CT molecular complexity index is 593. The highest BCUT2D eigenvalue weighted by Gasteiger charge is 2.34. The van der Waals surface area contributed by atoms with Crippen molar-refractivity contribution in [1.29, 1.82) is 0 Å². The van der Waals surface area contributed by atoms with Crippen LogP contribution in [0.4, 0.5) is 4.39 Å². The molecule has 0 aromatic carbocycles. The minimum absolute atomic E-state index is 0.0242. The highest BCUT2D eigenvalue weighted by Crippen LogP contribution is 2.29. The largest absolute Gasteiger partial charge is 0.381 e. The molecule has 7 unspecified atom stereocenters. The number of hydrogen-bond donors (Lipinski definition) is 6. The van der Waals surface area contributed by atoms with Crippen LogP contribution in [-0.4, -0.2) is 69.8 Å². The van der Waals surface area contributed by atoms with Crippen LogP contribution in [0.25, 0.3) is 0 Å². The summed E-state index contributed by atoms with van der Waals surface area (Å²) in [7, 11) is 1.65. The van der Waals surface area contributed by atoms with Gasteiger partial charge in [-0.05, 0) is 64.0 Å². The lowest BCUT2D eigenvalue weighted by Crippen LogP contribution is -2.49. The third-order valence-electron chi connectivity index (χ3n) is 8.04. The smallest absolute Gasteiger partial charge is 0.223 e. The molecule has 2 saturated heterocycles. The minimum atomic E-state index is -0.886. The minimum Gasteiger partial charge on any atom is -0.381 e. The predicted octanol–water partition coefficient (Wildman–Crippen LogP) is 0.753. The number of hydrogen-bond acceptors (Lipinski definition) is 7. The molecule has 0 bridgehead atoms. The molecule has 6 N–H and O–H groups in total. The summed E-state index contributed by atoms with van der Waals surface area (Å²) in [5.41, 5.74) is 6.80. The quantitative estimate of drug-likeness (QED) is 0.322. The van der Waals surface area contributed by atoms with Gasteiger partial charge in [0, 0.05) is 44.5 Å². The van der Waals surface area contributed by atoms with Gasteiger partial charge in [-0.15, -0.1) is 0 Å². The van der Waals surface area contributed by atoms with Gasteiger partial charge in [-0.3, -0.25) is 10.1 Å². The van der Waals surface area contributed by atoms with Crippen molar-refractivity contribution < 1.29 is 13.9 Å². The van der Waals surface area contributed by atoms with Crippen LogP contribution in [-0.2, 0) is 9.53 Å². The van der Waals surface area contributed by atoms with E-state index < -0.39 is 6.17 Å². The standard InChI is InChI=1S/C23H43FN6O2/c1-32-19-6-5-17(20(24)12-19)13-27-23(31)16-3-2-4-18(11-16)26-14-21-28-22(30-29-21)15-7-9-25-10-8-15/h15-22,25-26,28-30H,2-14H2,1H3,(H,27,31). The Kier molecular flexibility index (Phi) is 9.14. The van der Waals surface area contributed by atoms with Crippen molar-refractivity contribution in [3.8, 4) is 0 Å². The second-order valence-corrected chi connectivity index (χ2v) is 10.2. The van der Waals surface area contributed by atoms with E-state index in [1.807, 2.05) is 0 Å². The topological polar surface area (TPSA) is 98.5 Å². The third-order valence-corrected chi connectivity index (χ3v) is 8.04. The normalized spacial score (nSPS) is 39.1. The molecule has 2 aliphatic heterocycles. The summed E-state index contributed by atoms with van der Waals surface area (Å²) in [5, 5.41) is 13.8. The molecule has 2 heterocycles. The fourth-order valence-electron chi connectivity index (χ4n) is 5.89. The van der Waals surface area contributed by atoms with E-state index in [1.165, 1.54) is 12.8 Å². The van der Waals surface area contributed by atoms with Gasteiger partial charge in [-0.2, -0.15) is 0 Å². The Balaban J connectivity index is 1.14. The van der Waals surface area contributed by atoms with Crippen molar-refractivity contribution in [1.82, 2.24) is 32.1 Å². The Labute approximate surface area is 191 Å². The lowest BCUT2D eigenvalue weighted by atomic mass is 9.84. The van der Waals surface area contributed by atoms with Crippen molar-refractivity contribution in [3.63, 3.8) is 0 Å². The zero-order valence-corrected chi connectivity index (χ0v) is 19.5. The number of carbonyl (C=O) groups excluding carboxylic acids is 1. The monoisotopic (exact) mass is 454 g/mol. The maximum Gasteiger partial charge on any atom is 0.223 e. The van der Waals surface area contributed by atoms with Crippen molar-refractivity contribution in [2.75, 3.05) is 33.3 Å². The molecule has 4 aliphatic rings. The number of carbonyl (C=O) groups is 1. The first kappa shape index (κ1) is 24.3. The maximum absolute atomic E-state index is 14.4. The molecule has 2 aliphatic carbocycles. The van der Waals surface area contributed by atoms with Crippen molar-refractivity contribution in [3.05, 3.63) is 0 Å². The first-order chi connectivity index (χ1) is 15.6. The molecule has 2 saturated carbocycles. The van der Waals surface area contributed by atoms with Gasteiger partial charge >= 0.3 is 0 Å². The molecule has 8 nitrogen and oxygen atoms in total. The first-order valence-electron chi connectivity index (χ1n) is 12.8. The first-order valence-corrected chi connectivity index (χ1v) is 12.8. The third kappa shape index (κ3) is 6.61. The molecular weight excluding hydrogens is 411 g/mol. The summed E-state index contributed by atoms with van der Waals surface area (Å²) < 4.78 is 19.7. The summed E-state index contributed by atoms with van der Waals surface area (Å²) in [6, 6.07) is 0.354. The molecule has 0 radical (unpaired) electrons.